The van der Waals surface area contributed by atoms with Gasteiger partial charge in [-0.1, -0.05) is 18.2 Å². The lowest BCUT2D eigenvalue weighted by atomic mass is 10.1. The van der Waals surface area contributed by atoms with Crippen molar-refractivity contribution in [2.24, 2.45) is 4.99 Å². The van der Waals surface area contributed by atoms with Gasteiger partial charge in [-0.25, -0.2) is 9.67 Å². The standard InChI is InChI=1S/C22H30N8.HI/c1-4-23-22(25-15-21-27-26-20-11-7-8-12-29(20)21)24-14-18-9-5-6-10-19(18)30-17(3)13-16(2)28-30;/h5-6,9-10,13H,4,7-8,11-12,14-15H2,1-3H3,(H2,23,24,25);1H. The van der Waals surface area contributed by atoms with Crippen molar-refractivity contribution in [3.8, 4) is 5.69 Å². The molecule has 0 unspecified atom stereocenters. The number of guanidine groups is 1. The first-order chi connectivity index (χ1) is 14.7. The molecule has 0 fully saturated rings. The topological polar surface area (TPSA) is 84.9 Å². The Bertz CT molecular complexity index is 1040. The van der Waals surface area contributed by atoms with Crippen LogP contribution >= 0.6 is 24.0 Å². The highest BCUT2D eigenvalue weighted by atomic mass is 127. The molecule has 1 aliphatic heterocycles. The van der Waals surface area contributed by atoms with Gasteiger partial charge in [0.05, 0.1) is 24.5 Å². The minimum atomic E-state index is 0. The van der Waals surface area contributed by atoms with Gasteiger partial charge in [-0.15, -0.1) is 34.2 Å². The highest BCUT2D eigenvalue weighted by Crippen LogP contribution is 2.18. The monoisotopic (exact) mass is 534 g/mol. The fourth-order valence-electron chi connectivity index (χ4n) is 3.89. The molecule has 2 N–H and O–H groups in total. The number of fused-ring (bicyclic) bond motifs is 1. The van der Waals surface area contributed by atoms with Crippen LogP contribution in [-0.2, 0) is 26.1 Å². The smallest absolute Gasteiger partial charge is 0.191 e. The van der Waals surface area contributed by atoms with E-state index in [0.717, 1.165) is 59.8 Å². The third-order valence-corrected chi connectivity index (χ3v) is 5.33. The van der Waals surface area contributed by atoms with Gasteiger partial charge in [0.25, 0.3) is 0 Å². The third kappa shape index (κ3) is 5.44. The van der Waals surface area contributed by atoms with Crippen LogP contribution in [0.25, 0.3) is 5.69 Å². The molecular formula is C22H31IN8. The molecule has 0 bridgehead atoms. The second-order valence-electron chi connectivity index (χ2n) is 7.66. The van der Waals surface area contributed by atoms with Gasteiger partial charge in [0, 0.05) is 25.2 Å². The number of benzene rings is 1. The van der Waals surface area contributed by atoms with E-state index in [1.807, 2.05) is 23.7 Å². The minimum absolute atomic E-state index is 0. The van der Waals surface area contributed by atoms with Gasteiger partial charge in [-0.2, -0.15) is 5.10 Å². The Balaban J connectivity index is 0.00000272. The van der Waals surface area contributed by atoms with E-state index in [9.17, 15) is 0 Å². The lowest BCUT2D eigenvalue weighted by Gasteiger charge is -2.16. The van der Waals surface area contributed by atoms with E-state index < -0.39 is 0 Å². The van der Waals surface area contributed by atoms with Crippen molar-refractivity contribution in [2.75, 3.05) is 6.54 Å². The summed E-state index contributed by atoms with van der Waals surface area (Å²) >= 11 is 0. The van der Waals surface area contributed by atoms with Crippen LogP contribution in [0.4, 0.5) is 0 Å². The number of para-hydroxylation sites is 1. The van der Waals surface area contributed by atoms with Gasteiger partial charge in [0.15, 0.2) is 11.8 Å². The molecule has 1 aliphatic rings. The zero-order chi connectivity index (χ0) is 20.9. The predicted octanol–water partition coefficient (Wildman–Crippen LogP) is 3.29. The molecule has 0 amide bonds. The number of nitrogens with zero attached hydrogens (tertiary/aromatic N) is 6. The van der Waals surface area contributed by atoms with E-state index in [1.54, 1.807) is 0 Å². The number of hydrogen-bond acceptors (Lipinski definition) is 4. The van der Waals surface area contributed by atoms with Gasteiger partial charge in [-0.3, -0.25) is 0 Å². The molecule has 0 saturated carbocycles. The van der Waals surface area contributed by atoms with Crippen LogP contribution in [0.2, 0.25) is 0 Å². The number of hydrogen-bond donors (Lipinski definition) is 2. The average Bonchev–Trinajstić information content (AvgIpc) is 3.32. The van der Waals surface area contributed by atoms with Crippen LogP contribution in [0.5, 0.6) is 0 Å². The molecule has 0 spiro atoms. The summed E-state index contributed by atoms with van der Waals surface area (Å²) in [6.45, 7) is 9.12. The summed E-state index contributed by atoms with van der Waals surface area (Å²) in [6, 6.07) is 10.4. The Labute approximate surface area is 200 Å². The Morgan fingerprint density at radius 1 is 1.13 bits per heavy atom. The predicted molar refractivity (Wildman–Crippen MR) is 133 cm³/mol. The molecule has 31 heavy (non-hydrogen) atoms. The maximum atomic E-state index is 4.81. The zero-order valence-corrected chi connectivity index (χ0v) is 20.8. The van der Waals surface area contributed by atoms with Crippen molar-refractivity contribution in [1.82, 2.24) is 35.2 Å². The first-order valence-corrected chi connectivity index (χ1v) is 10.7. The van der Waals surface area contributed by atoms with Crippen LogP contribution in [0, 0.1) is 13.8 Å². The average molecular weight is 534 g/mol. The SMILES string of the molecule is CCNC(=NCc1ccccc1-n1nc(C)cc1C)NCc1nnc2n1CCCC2.I. The van der Waals surface area contributed by atoms with Crippen LogP contribution in [0.1, 0.15) is 48.4 Å². The molecule has 2 aromatic heterocycles. The van der Waals surface area contributed by atoms with Crippen molar-refractivity contribution in [3.63, 3.8) is 0 Å². The van der Waals surface area contributed by atoms with Crippen LogP contribution in [0.3, 0.4) is 0 Å². The van der Waals surface area contributed by atoms with E-state index in [0.29, 0.717) is 13.1 Å². The number of aliphatic imine (C=N–C) groups is 1. The Morgan fingerprint density at radius 3 is 2.74 bits per heavy atom. The Kier molecular flexibility index (Phi) is 8.05. The number of nitrogens with one attached hydrogen (secondary N) is 2. The van der Waals surface area contributed by atoms with Gasteiger partial charge in [0.1, 0.15) is 5.82 Å². The third-order valence-electron chi connectivity index (χ3n) is 5.33. The van der Waals surface area contributed by atoms with Crippen LogP contribution in [0.15, 0.2) is 35.3 Å². The van der Waals surface area contributed by atoms with E-state index in [2.05, 4.69) is 62.5 Å². The van der Waals surface area contributed by atoms with E-state index >= 15 is 0 Å². The summed E-state index contributed by atoms with van der Waals surface area (Å²) in [5.41, 5.74) is 4.32. The van der Waals surface area contributed by atoms with Gasteiger partial charge < -0.3 is 15.2 Å². The van der Waals surface area contributed by atoms with Crippen molar-refractivity contribution in [1.29, 1.82) is 0 Å². The molecule has 9 heteroatoms. The number of aryl methyl sites for hydroxylation is 3. The van der Waals surface area contributed by atoms with E-state index in [-0.39, 0.29) is 24.0 Å². The highest BCUT2D eigenvalue weighted by molar-refractivity contribution is 14.0. The van der Waals surface area contributed by atoms with Crippen molar-refractivity contribution >= 4 is 29.9 Å². The highest BCUT2D eigenvalue weighted by Gasteiger charge is 2.15. The quantitative estimate of drug-likeness (QED) is 0.288. The largest absolute Gasteiger partial charge is 0.357 e. The molecule has 8 nitrogen and oxygen atoms in total. The number of rotatable bonds is 6. The van der Waals surface area contributed by atoms with Crippen LogP contribution in [-0.4, -0.2) is 37.0 Å². The van der Waals surface area contributed by atoms with Crippen molar-refractivity contribution < 1.29 is 0 Å². The fraction of sp³-hybridized carbons (Fsp3) is 0.455. The first kappa shape index (κ1) is 23.2. The molecular weight excluding hydrogens is 503 g/mol. The summed E-state index contributed by atoms with van der Waals surface area (Å²) in [5, 5.41) is 20.1. The van der Waals surface area contributed by atoms with E-state index in [4.69, 9.17) is 4.99 Å². The number of halogens is 1. The summed E-state index contributed by atoms with van der Waals surface area (Å²) in [4.78, 5) is 4.81. The molecule has 1 aromatic carbocycles. The second kappa shape index (κ2) is 10.7. The Morgan fingerprint density at radius 2 is 1.97 bits per heavy atom. The fourth-order valence-corrected chi connectivity index (χ4v) is 3.89. The zero-order valence-electron chi connectivity index (χ0n) is 18.4. The summed E-state index contributed by atoms with van der Waals surface area (Å²) in [7, 11) is 0. The first-order valence-electron chi connectivity index (χ1n) is 10.7. The maximum absolute atomic E-state index is 4.81. The second-order valence-corrected chi connectivity index (χ2v) is 7.66. The van der Waals surface area contributed by atoms with Gasteiger partial charge >= 0.3 is 0 Å². The maximum Gasteiger partial charge on any atom is 0.191 e. The molecule has 3 aromatic rings. The van der Waals surface area contributed by atoms with Crippen molar-refractivity contribution in [2.45, 2.75) is 59.7 Å². The van der Waals surface area contributed by atoms with E-state index in [1.165, 1.54) is 12.8 Å². The normalized spacial score (nSPS) is 13.5. The Hall–Kier alpha value is -2.43. The lowest BCUT2D eigenvalue weighted by molar-refractivity contribution is 0.504. The number of aromatic nitrogens is 5. The molecule has 166 valence electrons. The van der Waals surface area contributed by atoms with Gasteiger partial charge in [0.2, 0.25) is 0 Å². The lowest BCUT2D eigenvalue weighted by Crippen LogP contribution is -2.37. The summed E-state index contributed by atoms with van der Waals surface area (Å²) in [5.74, 6) is 2.84. The molecule has 4 rings (SSSR count). The van der Waals surface area contributed by atoms with Crippen LogP contribution < -0.4 is 10.6 Å². The molecule has 0 atom stereocenters. The molecule has 0 aliphatic carbocycles. The summed E-state index contributed by atoms with van der Waals surface area (Å²) in [6.07, 6.45) is 3.41. The minimum Gasteiger partial charge on any atom is -0.357 e. The molecule has 0 radical (unpaired) electrons. The van der Waals surface area contributed by atoms with Crippen molar-refractivity contribution in [3.05, 3.63) is 58.9 Å². The van der Waals surface area contributed by atoms with Gasteiger partial charge in [-0.05, 0) is 51.3 Å². The molecule has 3 heterocycles. The summed E-state index contributed by atoms with van der Waals surface area (Å²) < 4.78 is 4.22. The molecule has 0 saturated heterocycles.